The van der Waals surface area contributed by atoms with Gasteiger partial charge in [0.25, 0.3) is 0 Å². The summed E-state index contributed by atoms with van der Waals surface area (Å²) in [6, 6.07) is 7.81. The van der Waals surface area contributed by atoms with Crippen LogP contribution in [0.2, 0.25) is 0 Å². The third-order valence-corrected chi connectivity index (χ3v) is 8.87. The van der Waals surface area contributed by atoms with Crippen molar-refractivity contribution in [3.8, 4) is 0 Å². The zero-order valence-corrected chi connectivity index (χ0v) is 22.0. The summed E-state index contributed by atoms with van der Waals surface area (Å²) in [6.07, 6.45) is 4.23. The number of ether oxygens (including phenoxy) is 1. The van der Waals surface area contributed by atoms with Crippen LogP contribution < -0.4 is 10.6 Å². The quantitative estimate of drug-likeness (QED) is 0.406. The number of anilines is 1. The Bertz CT molecular complexity index is 971. The van der Waals surface area contributed by atoms with Gasteiger partial charge in [0.2, 0.25) is 17.7 Å². The minimum Gasteiger partial charge on any atom is -0.394 e. The maximum absolute atomic E-state index is 14.2. The van der Waals surface area contributed by atoms with Crippen molar-refractivity contribution in [3.63, 3.8) is 0 Å². The molecule has 8 nitrogen and oxygen atoms in total. The predicted octanol–water partition coefficient (Wildman–Crippen LogP) is 3.10. The molecule has 4 rings (SSSR count). The van der Waals surface area contributed by atoms with E-state index in [1.807, 2.05) is 51.1 Å². The smallest absolute Gasteiger partial charge is 0.245 e. The number of hydrogen-bond donors (Lipinski definition) is 3. The van der Waals surface area contributed by atoms with Crippen molar-refractivity contribution in [1.82, 2.24) is 10.2 Å². The van der Waals surface area contributed by atoms with E-state index < -0.39 is 35.1 Å². The van der Waals surface area contributed by atoms with Crippen LogP contribution in [0.4, 0.5) is 5.69 Å². The lowest BCUT2D eigenvalue weighted by molar-refractivity contribution is -0.151. The Kier molecular flexibility index (Phi) is 7.76. The number of aliphatic hydroxyl groups is 1. The van der Waals surface area contributed by atoms with E-state index in [-0.39, 0.29) is 30.2 Å². The normalized spacial score (nSPS) is 32.3. The van der Waals surface area contributed by atoms with Gasteiger partial charge in [-0.2, -0.15) is 0 Å². The summed E-state index contributed by atoms with van der Waals surface area (Å²) in [6.45, 7) is 8.29. The van der Waals surface area contributed by atoms with E-state index >= 15 is 0 Å². The number of para-hydroxylation sites is 1. The monoisotopic (exact) mass is 499 g/mol. The van der Waals surface area contributed by atoms with Gasteiger partial charge in [-0.05, 0) is 43.7 Å². The Morgan fingerprint density at radius 1 is 1.17 bits per heavy atom. The standard InChI is InChI=1S/C28H41N3O5/c1-5-8-16-29-25(34)23-28-15-14-27(7-3,36-28)21(24(33)30-19-12-10-9-11-13-19)22(28)26(35)31(23)20(17-32)18(4)6-2/h9-13,18,20-23,32H,5-8,14-17H2,1-4H3,(H,29,34)(H,30,33)/t18-,20-,21-,22-,23?,27+,28?/m0/s1. The zero-order chi connectivity index (χ0) is 26.1. The Hall–Kier alpha value is -2.45. The Morgan fingerprint density at radius 3 is 2.50 bits per heavy atom. The summed E-state index contributed by atoms with van der Waals surface area (Å²) in [5.41, 5.74) is -1.21. The molecule has 3 aliphatic heterocycles. The molecule has 3 saturated heterocycles. The highest BCUT2D eigenvalue weighted by atomic mass is 16.5. The summed E-state index contributed by atoms with van der Waals surface area (Å²) in [5, 5.41) is 16.4. The Morgan fingerprint density at radius 2 is 1.89 bits per heavy atom. The second-order valence-electron chi connectivity index (χ2n) is 10.7. The Balaban J connectivity index is 1.76. The van der Waals surface area contributed by atoms with Crippen LogP contribution in [0.3, 0.4) is 0 Å². The van der Waals surface area contributed by atoms with Gasteiger partial charge in [0, 0.05) is 12.2 Å². The van der Waals surface area contributed by atoms with Crippen LogP contribution in [-0.4, -0.2) is 64.2 Å². The van der Waals surface area contributed by atoms with E-state index in [0.29, 0.717) is 31.5 Å². The number of carbonyl (C=O) groups excluding carboxylic acids is 3. The number of unbranched alkanes of at least 4 members (excludes halogenated alkanes) is 1. The molecule has 3 fully saturated rings. The van der Waals surface area contributed by atoms with Crippen molar-refractivity contribution in [1.29, 1.82) is 0 Å². The lowest BCUT2D eigenvalue weighted by atomic mass is 9.65. The van der Waals surface area contributed by atoms with Crippen molar-refractivity contribution >= 4 is 23.4 Å². The van der Waals surface area contributed by atoms with Crippen molar-refractivity contribution in [3.05, 3.63) is 30.3 Å². The number of amides is 3. The first kappa shape index (κ1) is 26.6. The molecule has 1 aromatic carbocycles. The van der Waals surface area contributed by atoms with Crippen molar-refractivity contribution < 1.29 is 24.2 Å². The maximum Gasteiger partial charge on any atom is 0.245 e. The number of aliphatic hydroxyl groups excluding tert-OH is 1. The van der Waals surface area contributed by atoms with Gasteiger partial charge in [0.15, 0.2) is 0 Å². The molecule has 2 unspecified atom stereocenters. The molecule has 3 aliphatic rings. The Labute approximate surface area is 214 Å². The number of fused-ring (bicyclic) bond motifs is 1. The number of benzene rings is 1. The SMILES string of the molecule is CCCCNC(=O)C1N([C@@H](CO)[C@@H](C)CC)C(=O)[C@@H]2[C@@H](C(=O)Nc3ccccc3)[C@@]3(CC)CCC12O3. The number of hydrogen-bond acceptors (Lipinski definition) is 5. The second-order valence-corrected chi connectivity index (χ2v) is 10.7. The molecule has 0 saturated carbocycles. The maximum atomic E-state index is 14.2. The number of carbonyl (C=O) groups is 3. The highest BCUT2D eigenvalue weighted by Gasteiger charge is 2.79. The van der Waals surface area contributed by atoms with Crippen molar-refractivity contribution in [2.45, 2.75) is 89.5 Å². The molecule has 0 radical (unpaired) electrons. The topological polar surface area (TPSA) is 108 Å². The lowest BCUT2D eigenvalue weighted by Gasteiger charge is -2.39. The highest BCUT2D eigenvalue weighted by molar-refractivity contribution is 6.02. The fourth-order valence-corrected chi connectivity index (χ4v) is 6.75. The molecular formula is C28H41N3O5. The summed E-state index contributed by atoms with van der Waals surface area (Å²) < 4.78 is 6.78. The van der Waals surface area contributed by atoms with Crippen molar-refractivity contribution in [2.75, 3.05) is 18.5 Å². The van der Waals surface area contributed by atoms with Gasteiger partial charge in [-0.15, -0.1) is 0 Å². The van der Waals surface area contributed by atoms with Gasteiger partial charge in [-0.25, -0.2) is 0 Å². The summed E-state index contributed by atoms with van der Waals surface area (Å²) >= 11 is 0. The molecule has 3 N–H and O–H groups in total. The number of nitrogens with zero attached hydrogens (tertiary/aromatic N) is 1. The lowest BCUT2D eigenvalue weighted by Crippen LogP contribution is -2.59. The molecule has 0 aliphatic carbocycles. The predicted molar refractivity (Wildman–Crippen MR) is 137 cm³/mol. The molecule has 7 atom stereocenters. The van der Waals surface area contributed by atoms with E-state index in [4.69, 9.17) is 4.74 Å². The average Bonchev–Trinajstić information content (AvgIpc) is 3.49. The first-order chi connectivity index (χ1) is 17.3. The molecule has 3 amide bonds. The summed E-state index contributed by atoms with van der Waals surface area (Å²) in [7, 11) is 0. The molecule has 1 spiro atoms. The van der Waals surface area contributed by atoms with Gasteiger partial charge in [0.1, 0.15) is 11.6 Å². The van der Waals surface area contributed by atoms with Gasteiger partial charge in [-0.3, -0.25) is 14.4 Å². The van der Waals surface area contributed by atoms with Gasteiger partial charge >= 0.3 is 0 Å². The van der Waals surface area contributed by atoms with E-state index in [9.17, 15) is 19.5 Å². The van der Waals surface area contributed by atoms with E-state index in [2.05, 4.69) is 17.6 Å². The molecule has 0 aromatic heterocycles. The van der Waals surface area contributed by atoms with Gasteiger partial charge < -0.3 is 25.4 Å². The summed E-state index contributed by atoms with van der Waals surface area (Å²) in [4.78, 5) is 43.3. The third kappa shape index (κ3) is 4.12. The number of rotatable bonds is 11. The van der Waals surface area contributed by atoms with Gasteiger partial charge in [-0.1, -0.05) is 58.7 Å². The van der Waals surface area contributed by atoms with Crippen LogP contribution >= 0.6 is 0 Å². The first-order valence-electron chi connectivity index (χ1n) is 13.6. The third-order valence-electron chi connectivity index (χ3n) is 8.87. The zero-order valence-electron chi connectivity index (χ0n) is 22.0. The highest BCUT2D eigenvalue weighted by Crippen LogP contribution is 2.64. The van der Waals surface area contributed by atoms with Crippen LogP contribution in [0, 0.1) is 17.8 Å². The molecule has 36 heavy (non-hydrogen) atoms. The first-order valence-corrected chi connectivity index (χ1v) is 13.6. The van der Waals surface area contributed by atoms with Crippen LogP contribution in [0.5, 0.6) is 0 Å². The van der Waals surface area contributed by atoms with Crippen LogP contribution in [0.1, 0.15) is 66.2 Å². The van der Waals surface area contributed by atoms with Crippen LogP contribution in [0.15, 0.2) is 30.3 Å². The molecule has 198 valence electrons. The van der Waals surface area contributed by atoms with E-state index in [1.54, 1.807) is 4.90 Å². The van der Waals surface area contributed by atoms with E-state index in [1.165, 1.54) is 0 Å². The number of nitrogens with one attached hydrogen (secondary N) is 2. The average molecular weight is 500 g/mol. The largest absolute Gasteiger partial charge is 0.394 e. The fraction of sp³-hybridized carbons (Fsp3) is 0.679. The summed E-state index contributed by atoms with van der Waals surface area (Å²) in [5.74, 6) is -2.26. The van der Waals surface area contributed by atoms with Crippen molar-refractivity contribution in [2.24, 2.45) is 17.8 Å². The molecule has 8 heteroatoms. The van der Waals surface area contributed by atoms with Crippen LogP contribution in [-0.2, 0) is 19.1 Å². The second kappa shape index (κ2) is 10.5. The van der Waals surface area contributed by atoms with Crippen LogP contribution in [0.25, 0.3) is 0 Å². The fourth-order valence-electron chi connectivity index (χ4n) is 6.75. The minimum absolute atomic E-state index is 0.0194. The molecule has 3 heterocycles. The molecular weight excluding hydrogens is 458 g/mol. The minimum atomic E-state index is -1.08. The number of likely N-dealkylation sites (tertiary alicyclic amines) is 1. The molecule has 2 bridgehead atoms. The molecule has 1 aromatic rings. The van der Waals surface area contributed by atoms with Gasteiger partial charge in [0.05, 0.1) is 30.1 Å². The van der Waals surface area contributed by atoms with E-state index in [0.717, 1.165) is 19.3 Å².